The van der Waals surface area contributed by atoms with Gasteiger partial charge in [0.1, 0.15) is 0 Å². The Morgan fingerprint density at radius 2 is 1.86 bits per heavy atom. The number of aliphatic hydroxyl groups excluding tert-OH is 1. The molecule has 1 atom stereocenters. The Bertz CT molecular complexity index is 798. The van der Waals surface area contributed by atoms with Gasteiger partial charge < -0.3 is 15.3 Å². The number of likely N-dealkylation sites (tertiary alicyclic amines) is 1. The predicted octanol–water partition coefficient (Wildman–Crippen LogP) is 3.95. The molecule has 0 saturated carbocycles. The van der Waals surface area contributed by atoms with Gasteiger partial charge in [0.2, 0.25) is 5.91 Å². The largest absolute Gasteiger partial charge is 0.387 e. The number of nitrogens with zero attached hydrogens (tertiary/aromatic N) is 1. The van der Waals surface area contributed by atoms with Gasteiger partial charge in [0.25, 0.3) is 0 Å². The van der Waals surface area contributed by atoms with E-state index in [1.165, 1.54) is 31.2 Å². The van der Waals surface area contributed by atoms with Crippen LogP contribution in [-0.2, 0) is 17.6 Å². The van der Waals surface area contributed by atoms with E-state index in [-0.39, 0.29) is 5.91 Å². The highest BCUT2D eigenvalue weighted by molar-refractivity contribution is 5.93. The Morgan fingerprint density at radius 3 is 2.64 bits per heavy atom. The minimum Gasteiger partial charge on any atom is -0.387 e. The van der Waals surface area contributed by atoms with Crippen molar-refractivity contribution in [3.8, 4) is 0 Å². The number of aliphatic hydroxyl groups is 1. The van der Waals surface area contributed by atoms with Gasteiger partial charge in [-0.3, -0.25) is 4.79 Å². The Morgan fingerprint density at radius 1 is 1.07 bits per heavy atom. The van der Waals surface area contributed by atoms with E-state index in [9.17, 15) is 9.90 Å². The SMILES string of the molecule is O=C1CCc2cc(C(O)CN3CCC(CCc4ccccc4)CC3)ccc2N1. The number of nitrogens with one attached hydrogen (secondary N) is 1. The molecule has 2 aromatic rings. The quantitative estimate of drug-likeness (QED) is 0.800. The molecule has 28 heavy (non-hydrogen) atoms. The van der Waals surface area contributed by atoms with Crippen molar-refractivity contribution < 1.29 is 9.90 Å². The molecular formula is C24H30N2O2. The summed E-state index contributed by atoms with van der Waals surface area (Å²) in [4.78, 5) is 13.9. The van der Waals surface area contributed by atoms with Crippen LogP contribution >= 0.6 is 0 Å². The number of hydrogen-bond donors (Lipinski definition) is 2. The second kappa shape index (κ2) is 8.89. The van der Waals surface area contributed by atoms with Crippen LogP contribution in [0, 0.1) is 5.92 Å². The molecule has 0 aromatic heterocycles. The van der Waals surface area contributed by atoms with E-state index >= 15 is 0 Å². The molecule has 2 aliphatic heterocycles. The standard InChI is InChI=1S/C24H30N2O2/c27-23(21-8-10-22-20(16-21)9-11-24(28)25-22)17-26-14-12-19(13-15-26)7-6-18-4-2-1-3-5-18/h1-5,8,10,16,19,23,27H,6-7,9,11-15,17H2,(H,25,28). The lowest BCUT2D eigenvalue weighted by Crippen LogP contribution is -2.36. The smallest absolute Gasteiger partial charge is 0.224 e. The topological polar surface area (TPSA) is 52.6 Å². The van der Waals surface area contributed by atoms with Crippen molar-refractivity contribution in [1.29, 1.82) is 0 Å². The van der Waals surface area contributed by atoms with Gasteiger partial charge in [-0.05, 0) is 73.9 Å². The maximum atomic E-state index is 11.5. The van der Waals surface area contributed by atoms with Crippen LogP contribution in [0.25, 0.3) is 0 Å². The zero-order chi connectivity index (χ0) is 19.3. The summed E-state index contributed by atoms with van der Waals surface area (Å²) in [6.45, 7) is 2.82. The molecule has 4 heteroatoms. The van der Waals surface area contributed by atoms with Gasteiger partial charge in [0, 0.05) is 18.7 Å². The third-order valence-electron chi connectivity index (χ3n) is 6.23. The van der Waals surface area contributed by atoms with Crippen molar-refractivity contribution in [3.63, 3.8) is 0 Å². The molecule has 1 fully saturated rings. The highest BCUT2D eigenvalue weighted by Crippen LogP contribution is 2.28. The summed E-state index contributed by atoms with van der Waals surface area (Å²) in [5, 5.41) is 13.6. The molecule has 0 radical (unpaired) electrons. The van der Waals surface area contributed by atoms with Gasteiger partial charge in [-0.2, -0.15) is 0 Å². The van der Waals surface area contributed by atoms with Crippen molar-refractivity contribution >= 4 is 11.6 Å². The fourth-order valence-corrected chi connectivity index (χ4v) is 4.43. The normalized spacial score (nSPS) is 19.1. The summed E-state index contributed by atoms with van der Waals surface area (Å²) in [7, 11) is 0. The second-order valence-corrected chi connectivity index (χ2v) is 8.25. The molecule has 1 unspecified atom stereocenters. The van der Waals surface area contributed by atoms with Gasteiger partial charge >= 0.3 is 0 Å². The third kappa shape index (κ3) is 4.81. The van der Waals surface area contributed by atoms with Crippen molar-refractivity contribution in [1.82, 2.24) is 4.90 Å². The molecule has 4 rings (SSSR count). The number of rotatable bonds is 6. The number of anilines is 1. The number of amides is 1. The van der Waals surface area contributed by atoms with Gasteiger partial charge in [0.15, 0.2) is 0 Å². The first-order chi connectivity index (χ1) is 13.7. The Hall–Kier alpha value is -2.17. The zero-order valence-electron chi connectivity index (χ0n) is 16.4. The Labute approximate surface area is 167 Å². The number of carbonyl (C=O) groups excluding carboxylic acids is 1. The molecule has 2 aromatic carbocycles. The number of piperidine rings is 1. The van der Waals surface area contributed by atoms with Gasteiger partial charge in [0.05, 0.1) is 6.10 Å². The zero-order valence-corrected chi connectivity index (χ0v) is 16.4. The monoisotopic (exact) mass is 378 g/mol. The number of benzene rings is 2. The van der Waals surface area contributed by atoms with E-state index in [2.05, 4.69) is 46.6 Å². The van der Waals surface area contributed by atoms with E-state index in [4.69, 9.17) is 0 Å². The molecule has 2 heterocycles. The molecule has 0 bridgehead atoms. The van der Waals surface area contributed by atoms with Crippen molar-refractivity contribution in [3.05, 3.63) is 65.2 Å². The maximum Gasteiger partial charge on any atom is 0.224 e. The summed E-state index contributed by atoms with van der Waals surface area (Å²) in [5.41, 5.74) is 4.42. The number of carbonyl (C=O) groups is 1. The van der Waals surface area contributed by atoms with Crippen LogP contribution in [0.5, 0.6) is 0 Å². The lowest BCUT2D eigenvalue weighted by Gasteiger charge is -2.33. The maximum absolute atomic E-state index is 11.5. The van der Waals surface area contributed by atoms with Crippen LogP contribution in [-0.4, -0.2) is 35.5 Å². The van der Waals surface area contributed by atoms with Crippen LogP contribution in [0.2, 0.25) is 0 Å². The van der Waals surface area contributed by atoms with Gasteiger partial charge in [-0.1, -0.05) is 42.5 Å². The van der Waals surface area contributed by atoms with Crippen LogP contribution < -0.4 is 5.32 Å². The van der Waals surface area contributed by atoms with E-state index in [0.717, 1.165) is 42.2 Å². The average Bonchev–Trinajstić information content (AvgIpc) is 2.73. The molecule has 4 nitrogen and oxygen atoms in total. The molecule has 1 saturated heterocycles. The van der Waals surface area contributed by atoms with Crippen LogP contribution in [0.1, 0.15) is 48.5 Å². The van der Waals surface area contributed by atoms with Crippen molar-refractivity contribution in [2.75, 3.05) is 25.0 Å². The highest BCUT2D eigenvalue weighted by atomic mass is 16.3. The Kier molecular flexibility index (Phi) is 6.08. The number of β-amino-alcohol motifs (C(OH)–C–C–N with tert-alkyl or cyclic N) is 1. The molecule has 1 amide bonds. The fourth-order valence-electron chi connectivity index (χ4n) is 4.43. The van der Waals surface area contributed by atoms with Crippen LogP contribution in [0.15, 0.2) is 48.5 Å². The lowest BCUT2D eigenvalue weighted by atomic mass is 9.90. The predicted molar refractivity (Wildman–Crippen MR) is 112 cm³/mol. The summed E-state index contributed by atoms with van der Waals surface area (Å²) in [6.07, 6.45) is 5.68. The summed E-state index contributed by atoms with van der Waals surface area (Å²) < 4.78 is 0. The second-order valence-electron chi connectivity index (χ2n) is 8.25. The first-order valence-corrected chi connectivity index (χ1v) is 10.5. The molecule has 148 valence electrons. The number of aryl methyl sites for hydroxylation is 2. The molecule has 2 N–H and O–H groups in total. The minimum atomic E-state index is -0.469. The first kappa shape index (κ1) is 19.2. The van der Waals surface area contributed by atoms with Gasteiger partial charge in [-0.15, -0.1) is 0 Å². The molecule has 0 spiro atoms. The Balaban J connectivity index is 1.25. The highest BCUT2D eigenvalue weighted by Gasteiger charge is 2.22. The van der Waals surface area contributed by atoms with Crippen molar-refractivity contribution in [2.24, 2.45) is 5.92 Å². The van der Waals surface area contributed by atoms with Crippen LogP contribution in [0.4, 0.5) is 5.69 Å². The molecular weight excluding hydrogens is 348 g/mol. The number of fused-ring (bicyclic) bond motifs is 1. The fraction of sp³-hybridized carbons (Fsp3) is 0.458. The van der Waals surface area contributed by atoms with E-state index in [1.807, 2.05) is 12.1 Å². The summed E-state index contributed by atoms with van der Waals surface area (Å²) >= 11 is 0. The first-order valence-electron chi connectivity index (χ1n) is 10.5. The van der Waals surface area contributed by atoms with Crippen LogP contribution in [0.3, 0.4) is 0 Å². The molecule has 0 aliphatic carbocycles. The van der Waals surface area contributed by atoms with E-state index in [0.29, 0.717) is 13.0 Å². The van der Waals surface area contributed by atoms with Crippen molar-refractivity contribution in [2.45, 2.75) is 44.6 Å². The van der Waals surface area contributed by atoms with Gasteiger partial charge in [-0.25, -0.2) is 0 Å². The summed E-state index contributed by atoms with van der Waals surface area (Å²) in [5.74, 6) is 0.872. The third-order valence-corrected chi connectivity index (χ3v) is 6.23. The number of hydrogen-bond acceptors (Lipinski definition) is 3. The molecule has 2 aliphatic rings. The average molecular weight is 379 g/mol. The lowest BCUT2D eigenvalue weighted by molar-refractivity contribution is -0.116. The minimum absolute atomic E-state index is 0.0796. The van der Waals surface area contributed by atoms with E-state index in [1.54, 1.807) is 0 Å². The summed E-state index contributed by atoms with van der Waals surface area (Å²) in [6, 6.07) is 16.7. The van der Waals surface area contributed by atoms with E-state index < -0.39 is 6.10 Å².